The van der Waals surface area contributed by atoms with Crippen molar-refractivity contribution in [3.8, 4) is 40.0 Å². The third kappa shape index (κ3) is 4.86. The zero-order valence-corrected chi connectivity index (χ0v) is 21.0. The SMILES string of the molecule is COc1cc(-c2cc3nccc(-c4ccc(OC5CCCOC5)c(C#N)c4)c3o2)ccc1C(=O)N(C)C. The van der Waals surface area contributed by atoms with Crippen molar-refractivity contribution in [3.63, 3.8) is 0 Å². The summed E-state index contributed by atoms with van der Waals surface area (Å²) >= 11 is 0. The Morgan fingerprint density at radius 1 is 1.11 bits per heavy atom. The van der Waals surface area contributed by atoms with Gasteiger partial charge in [0.15, 0.2) is 5.58 Å². The number of amides is 1. The lowest BCUT2D eigenvalue weighted by atomic mass is 10.0. The maximum absolute atomic E-state index is 12.5. The van der Waals surface area contributed by atoms with E-state index in [1.54, 1.807) is 38.5 Å². The maximum Gasteiger partial charge on any atom is 0.257 e. The molecule has 1 aliphatic heterocycles. The first-order chi connectivity index (χ1) is 18.0. The summed E-state index contributed by atoms with van der Waals surface area (Å²) in [5.41, 5.74) is 4.59. The van der Waals surface area contributed by atoms with Gasteiger partial charge in [0.2, 0.25) is 0 Å². The van der Waals surface area contributed by atoms with Crippen LogP contribution in [0, 0.1) is 11.3 Å². The molecule has 1 fully saturated rings. The summed E-state index contributed by atoms with van der Waals surface area (Å²) in [6, 6.07) is 16.9. The van der Waals surface area contributed by atoms with E-state index in [0.717, 1.165) is 36.1 Å². The predicted octanol–water partition coefficient (Wildman–Crippen LogP) is 5.30. The smallest absolute Gasteiger partial charge is 0.257 e. The lowest BCUT2D eigenvalue weighted by molar-refractivity contribution is 0.00732. The monoisotopic (exact) mass is 497 g/mol. The van der Waals surface area contributed by atoms with Gasteiger partial charge in [-0.2, -0.15) is 5.26 Å². The molecule has 37 heavy (non-hydrogen) atoms. The van der Waals surface area contributed by atoms with Crippen LogP contribution < -0.4 is 9.47 Å². The van der Waals surface area contributed by atoms with E-state index < -0.39 is 0 Å². The fourth-order valence-electron chi connectivity index (χ4n) is 4.44. The van der Waals surface area contributed by atoms with E-state index in [1.807, 2.05) is 30.3 Å². The number of nitriles is 1. The summed E-state index contributed by atoms with van der Waals surface area (Å²) in [7, 11) is 4.93. The molecule has 1 aliphatic rings. The maximum atomic E-state index is 12.5. The highest BCUT2D eigenvalue weighted by atomic mass is 16.5. The molecule has 8 heteroatoms. The van der Waals surface area contributed by atoms with E-state index in [4.69, 9.17) is 18.6 Å². The first kappa shape index (κ1) is 24.3. The number of ether oxygens (including phenoxy) is 3. The van der Waals surface area contributed by atoms with Crippen LogP contribution in [0.5, 0.6) is 11.5 Å². The third-order valence-electron chi connectivity index (χ3n) is 6.36. The first-order valence-electron chi connectivity index (χ1n) is 12.1. The van der Waals surface area contributed by atoms with Crippen molar-refractivity contribution in [2.75, 3.05) is 34.4 Å². The van der Waals surface area contributed by atoms with Gasteiger partial charge < -0.3 is 23.5 Å². The first-order valence-corrected chi connectivity index (χ1v) is 12.1. The molecule has 5 rings (SSSR count). The van der Waals surface area contributed by atoms with Crippen molar-refractivity contribution in [2.24, 2.45) is 0 Å². The molecule has 2 aromatic heterocycles. The van der Waals surface area contributed by atoms with E-state index in [2.05, 4.69) is 11.1 Å². The van der Waals surface area contributed by atoms with E-state index in [1.165, 1.54) is 12.0 Å². The molecule has 2 aromatic carbocycles. The average molecular weight is 498 g/mol. The molecule has 0 aliphatic carbocycles. The van der Waals surface area contributed by atoms with E-state index >= 15 is 0 Å². The van der Waals surface area contributed by atoms with Gasteiger partial charge in [0.1, 0.15) is 34.9 Å². The molecule has 0 radical (unpaired) electrons. The average Bonchev–Trinajstić information content (AvgIpc) is 3.38. The van der Waals surface area contributed by atoms with Gasteiger partial charge >= 0.3 is 0 Å². The summed E-state index contributed by atoms with van der Waals surface area (Å²) in [4.78, 5) is 18.5. The number of hydrogen-bond acceptors (Lipinski definition) is 7. The van der Waals surface area contributed by atoms with Crippen LogP contribution in [0.4, 0.5) is 0 Å². The van der Waals surface area contributed by atoms with Crippen LogP contribution in [0.25, 0.3) is 33.6 Å². The molecule has 0 N–H and O–H groups in total. The number of furan rings is 1. The van der Waals surface area contributed by atoms with Crippen LogP contribution in [0.2, 0.25) is 0 Å². The van der Waals surface area contributed by atoms with Crippen LogP contribution in [-0.4, -0.2) is 56.3 Å². The Balaban J connectivity index is 1.50. The van der Waals surface area contributed by atoms with Crippen molar-refractivity contribution in [1.82, 2.24) is 9.88 Å². The second kappa shape index (κ2) is 10.3. The Hall–Kier alpha value is -4.35. The van der Waals surface area contributed by atoms with Crippen molar-refractivity contribution in [1.29, 1.82) is 5.26 Å². The van der Waals surface area contributed by atoms with Gasteiger partial charge in [0.25, 0.3) is 5.91 Å². The number of benzene rings is 2. The number of aromatic nitrogens is 1. The predicted molar refractivity (Wildman–Crippen MR) is 139 cm³/mol. The molecule has 1 amide bonds. The summed E-state index contributed by atoms with van der Waals surface area (Å²) in [5.74, 6) is 1.46. The number of rotatable bonds is 6. The van der Waals surface area contributed by atoms with Gasteiger partial charge in [-0.25, -0.2) is 0 Å². The Kier molecular flexibility index (Phi) is 6.80. The molecule has 1 saturated heterocycles. The molecule has 3 heterocycles. The molecule has 1 unspecified atom stereocenters. The van der Waals surface area contributed by atoms with Gasteiger partial charge in [-0.05, 0) is 48.7 Å². The van der Waals surface area contributed by atoms with Crippen molar-refractivity contribution >= 4 is 17.0 Å². The topological polar surface area (TPSA) is 97.8 Å². The lowest BCUT2D eigenvalue weighted by Crippen LogP contribution is -2.28. The Labute approximate surface area is 215 Å². The Morgan fingerprint density at radius 2 is 1.95 bits per heavy atom. The number of pyridine rings is 1. The van der Waals surface area contributed by atoms with Gasteiger partial charge in [0.05, 0.1) is 24.8 Å². The molecule has 0 bridgehead atoms. The lowest BCUT2D eigenvalue weighted by Gasteiger charge is -2.23. The quantitative estimate of drug-likeness (QED) is 0.356. The summed E-state index contributed by atoms with van der Waals surface area (Å²) in [6.07, 6.45) is 3.51. The molecule has 0 saturated carbocycles. The molecule has 0 spiro atoms. The van der Waals surface area contributed by atoms with Crippen LogP contribution in [0.15, 0.2) is 59.1 Å². The highest BCUT2D eigenvalue weighted by Gasteiger charge is 2.20. The van der Waals surface area contributed by atoms with Crippen LogP contribution in [0.3, 0.4) is 0 Å². The number of fused-ring (bicyclic) bond motifs is 1. The molecular weight excluding hydrogens is 470 g/mol. The van der Waals surface area contributed by atoms with Gasteiger partial charge in [0, 0.05) is 44.1 Å². The van der Waals surface area contributed by atoms with Gasteiger partial charge in [-0.15, -0.1) is 0 Å². The molecule has 188 valence electrons. The van der Waals surface area contributed by atoms with Crippen LogP contribution >= 0.6 is 0 Å². The molecule has 1 atom stereocenters. The second-order valence-corrected chi connectivity index (χ2v) is 9.08. The Morgan fingerprint density at radius 3 is 2.68 bits per heavy atom. The summed E-state index contributed by atoms with van der Waals surface area (Å²) in [6.45, 7) is 1.28. The number of carbonyl (C=O) groups is 1. The third-order valence-corrected chi connectivity index (χ3v) is 6.36. The van der Waals surface area contributed by atoms with E-state index in [9.17, 15) is 10.1 Å². The fourth-order valence-corrected chi connectivity index (χ4v) is 4.44. The zero-order valence-electron chi connectivity index (χ0n) is 21.0. The molecule has 4 aromatic rings. The number of nitrogens with zero attached hydrogens (tertiary/aromatic N) is 3. The summed E-state index contributed by atoms with van der Waals surface area (Å²) < 4.78 is 23.3. The van der Waals surface area contributed by atoms with E-state index in [-0.39, 0.29) is 12.0 Å². The minimum atomic E-state index is -0.145. The van der Waals surface area contributed by atoms with Crippen LogP contribution in [0.1, 0.15) is 28.8 Å². The second-order valence-electron chi connectivity index (χ2n) is 9.08. The van der Waals surface area contributed by atoms with Gasteiger partial charge in [-0.1, -0.05) is 12.1 Å². The standard InChI is InChI=1S/C29H27N3O5/c1-32(2)29(33)23-8-6-19(14-27(23)34-3)26-15-24-28(37-26)22(10-11-31-24)18-7-9-25(20(13-18)16-30)36-21-5-4-12-35-17-21/h6-11,13-15,21H,4-5,12,17H2,1-3H3. The van der Waals surface area contributed by atoms with Crippen molar-refractivity contribution in [2.45, 2.75) is 18.9 Å². The number of carbonyl (C=O) groups excluding carboxylic acids is 1. The zero-order chi connectivity index (χ0) is 25.9. The van der Waals surface area contributed by atoms with Gasteiger partial charge in [-0.3, -0.25) is 9.78 Å². The summed E-state index contributed by atoms with van der Waals surface area (Å²) in [5, 5.41) is 9.79. The number of methoxy groups -OCH3 is 1. The van der Waals surface area contributed by atoms with Crippen molar-refractivity contribution < 1.29 is 23.4 Å². The normalized spacial score (nSPS) is 15.2. The fraction of sp³-hybridized carbons (Fsp3) is 0.276. The largest absolute Gasteiger partial charge is 0.496 e. The van der Waals surface area contributed by atoms with Crippen LogP contribution in [-0.2, 0) is 4.74 Å². The highest BCUT2D eigenvalue weighted by molar-refractivity contribution is 5.98. The highest BCUT2D eigenvalue weighted by Crippen LogP contribution is 2.37. The molecular formula is C29H27N3O5. The molecule has 8 nitrogen and oxygen atoms in total. The number of hydrogen-bond donors (Lipinski definition) is 0. The van der Waals surface area contributed by atoms with E-state index in [0.29, 0.717) is 46.1 Å². The van der Waals surface area contributed by atoms with Crippen molar-refractivity contribution in [3.05, 3.63) is 65.9 Å². The minimum Gasteiger partial charge on any atom is -0.496 e. The Bertz CT molecular complexity index is 1500. The minimum absolute atomic E-state index is 0.0524.